The van der Waals surface area contributed by atoms with Gasteiger partial charge in [-0.15, -0.1) is 0 Å². The number of fused-ring (bicyclic) bond motifs is 1. The number of halogens is 1. The summed E-state index contributed by atoms with van der Waals surface area (Å²) in [6, 6.07) is 11.8. The highest BCUT2D eigenvalue weighted by Gasteiger charge is 2.07. The molecule has 2 aromatic heterocycles. The van der Waals surface area contributed by atoms with E-state index in [2.05, 4.69) is 20.9 Å². The Morgan fingerprint density at radius 3 is 2.86 bits per heavy atom. The summed E-state index contributed by atoms with van der Waals surface area (Å²) in [6.45, 7) is 0.408. The predicted molar refractivity (Wildman–Crippen MR) is 85.1 cm³/mol. The summed E-state index contributed by atoms with van der Waals surface area (Å²) in [6.07, 6.45) is 3.94. The maximum atomic E-state index is 5.83. The number of nitrogens with zero attached hydrogens (tertiary/aromatic N) is 2. The normalized spacial score (nSPS) is 10.8. The first-order valence-electron chi connectivity index (χ1n) is 6.58. The number of benzene rings is 1. The number of ether oxygens (including phenoxy) is 2. The van der Waals surface area contributed by atoms with E-state index in [1.165, 1.54) is 0 Å². The van der Waals surface area contributed by atoms with Gasteiger partial charge in [-0.05, 0) is 29.8 Å². The van der Waals surface area contributed by atoms with Crippen LogP contribution in [0.1, 0.15) is 11.3 Å². The van der Waals surface area contributed by atoms with Crippen molar-refractivity contribution >= 4 is 21.6 Å². The number of hydrogen-bond donors (Lipinski definition) is 0. The van der Waals surface area contributed by atoms with Gasteiger partial charge < -0.3 is 13.9 Å². The first-order chi connectivity index (χ1) is 10.3. The zero-order valence-corrected chi connectivity index (χ0v) is 13.2. The van der Waals surface area contributed by atoms with Gasteiger partial charge in [0, 0.05) is 17.7 Å². The highest BCUT2D eigenvalue weighted by atomic mass is 79.9. The summed E-state index contributed by atoms with van der Waals surface area (Å²) in [5.41, 5.74) is 2.94. The molecule has 0 fully saturated rings. The quantitative estimate of drug-likeness (QED) is 0.659. The van der Waals surface area contributed by atoms with Crippen LogP contribution in [0.5, 0.6) is 11.5 Å². The molecule has 5 heteroatoms. The Bertz CT molecular complexity index is 722. The number of rotatable bonds is 5. The molecule has 0 aliphatic rings. The number of methoxy groups -OCH3 is 1. The second-order valence-electron chi connectivity index (χ2n) is 4.61. The van der Waals surface area contributed by atoms with Crippen molar-refractivity contribution in [3.05, 3.63) is 60.0 Å². The van der Waals surface area contributed by atoms with E-state index in [1.54, 1.807) is 7.11 Å². The Labute approximate surface area is 131 Å². The topological polar surface area (TPSA) is 35.8 Å². The van der Waals surface area contributed by atoms with E-state index >= 15 is 0 Å². The maximum Gasteiger partial charge on any atom is 0.161 e. The first kappa shape index (κ1) is 13.9. The summed E-state index contributed by atoms with van der Waals surface area (Å²) < 4.78 is 13.2. The minimum atomic E-state index is 0.408. The summed E-state index contributed by atoms with van der Waals surface area (Å²) in [7, 11) is 1.64. The van der Waals surface area contributed by atoms with Gasteiger partial charge in [0.25, 0.3) is 0 Å². The highest BCUT2D eigenvalue weighted by Crippen LogP contribution is 2.29. The van der Waals surface area contributed by atoms with Crippen molar-refractivity contribution in [1.82, 2.24) is 9.38 Å². The summed E-state index contributed by atoms with van der Waals surface area (Å²) in [5, 5.41) is 0.788. The molecule has 4 nitrogen and oxygen atoms in total. The standard InChI is InChI=1S/C16H15BrN2O2/c1-20-15-8-12(9-17)5-6-14(15)21-11-13-10-19-7-3-2-4-16(19)18-13/h2-8,10H,9,11H2,1H3. The fraction of sp³-hybridized carbons (Fsp3) is 0.188. The molecule has 0 saturated carbocycles. The Balaban J connectivity index is 1.77. The van der Waals surface area contributed by atoms with Crippen LogP contribution in [0.2, 0.25) is 0 Å². The Kier molecular flexibility index (Phi) is 4.10. The SMILES string of the molecule is COc1cc(CBr)ccc1OCc1cn2ccccc2n1. The van der Waals surface area contributed by atoms with Crippen LogP contribution in [0.25, 0.3) is 5.65 Å². The summed E-state index contributed by atoms with van der Waals surface area (Å²) in [5.74, 6) is 1.45. The molecule has 0 spiro atoms. The lowest BCUT2D eigenvalue weighted by atomic mass is 10.2. The van der Waals surface area contributed by atoms with E-state index < -0.39 is 0 Å². The van der Waals surface area contributed by atoms with Crippen molar-refractivity contribution in [2.24, 2.45) is 0 Å². The van der Waals surface area contributed by atoms with Gasteiger partial charge >= 0.3 is 0 Å². The van der Waals surface area contributed by atoms with Gasteiger partial charge in [-0.3, -0.25) is 0 Å². The summed E-state index contributed by atoms with van der Waals surface area (Å²) in [4.78, 5) is 4.51. The van der Waals surface area contributed by atoms with Crippen LogP contribution in [0.4, 0.5) is 0 Å². The van der Waals surface area contributed by atoms with Gasteiger partial charge in [-0.2, -0.15) is 0 Å². The molecule has 3 rings (SSSR count). The molecule has 0 saturated heterocycles. The Morgan fingerprint density at radius 1 is 1.19 bits per heavy atom. The number of hydrogen-bond acceptors (Lipinski definition) is 3. The molecule has 0 bridgehead atoms. The van der Waals surface area contributed by atoms with Gasteiger partial charge in [0.05, 0.1) is 12.8 Å². The van der Waals surface area contributed by atoms with Gasteiger partial charge in [-0.25, -0.2) is 4.98 Å². The predicted octanol–water partition coefficient (Wildman–Crippen LogP) is 3.82. The van der Waals surface area contributed by atoms with E-state index in [-0.39, 0.29) is 0 Å². The smallest absolute Gasteiger partial charge is 0.161 e. The molecule has 0 amide bonds. The zero-order chi connectivity index (χ0) is 14.7. The third-order valence-corrected chi connectivity index (χ3v) is 3.82. The van der Waals surface area contributed by atoms with Gasteiger partial charge in [0.1, 0.15) is 12.3 Å². The second-order valence-corrected chi connectivity index (χ2v) is 5.17. The number of imidazole rings is 1. The molecule has 3 aromatic rings. The molecule has 108 valence electrons. The first-order valence-corrected chi connectivity index (χ1v) is 7.70. The Hall–Kier alpha value is -2.01. The second kappa shape index (κ2) is 6.18. The van der Waals surface area contributed by atoms with Crippen LogP contribution in [0.15, 0.2) is 48.8 Å². The molecule has 0 aliphatic heterocycles. The van der Waals surface area contributed by atoms with Crippen LogP contribution in [-0.2, 0) is 11.9 Å². The van der Waals surface area contributed by atoms with Crippen molar-refractivity contribution in [3.63, 3.8) is 0 Å². The molecule has 1 aromatic carbocycles. The largest absolute Gasteiger partial charge is 0.493 e. The lowest BCUT2D eigenvalue weighted by molar-refractivity contribution is 0.281. The molecule has 0 unspecified atom stereocenters. The number of alkyl halides is 1. The molecule has 0 atom stereocenters. The van der Waals surface area contributed by atoms with Crippen molar-refractivity contribution in [2.75, 3.05) is 7.11 Å². The monoisotopic (exact) mass is 346 g/mol. The molecule has 0 N–H and O–H groups in total. The average molecular weight is 347 g/mol. The van der Waals surface area contributed by atoms with E-state index in [0.29, 0.717) is 6.61 Å². The minimum absolute atomic E-state index is 0.408. The lowest BCUT2D eigenvalue weighted by Gasteiger charge is -2.10. The van der Waals surface area contributed by atoms with Gasteiger partial charge in [0.2, 0.25) is 0 Å². The fourth-order valence-corrected chi connectivity index (χ4v) is 2.47. The van der Waals surface area contributed by atoms with Gasteiger partial charge in [0.15, 0.2) is 11.5 Å². The highest BCUT2D eigenvalue weighted by molar-refractivity contribution is 9.08. The average Bonchev–Trinajstić information content (AvgIpc) is 2.95. The molecule has 0 radical (unpaired) electrons. The molecule has 2 heterocycles. The van der Waals surface area contributed by atoms with Crippen molar-refractivity contribution in [1.29, 1.82) is 0 Å². The maximum absolute atomic E-state index is 5.83. The third-order valence-electron chi connectivity index (χ3n) is 3.17. The van der Waals surface area contributed by atoms with Crippen molar-refractivity contribution < 1.29 is 9.47 Å². The molecular formula is C16H15BrN2O2. The van der Waals surface area contributed by atoms with Crippen LogP contribution in [-0.4, -0.2) is 16.5 Å². The zero-order valence-electron chi connectivity index (χ0n) is 11.6. The van der Waals surface area contributed by atoms with E-state index in [4.69, 9.17) is 9.47 Å². The minimum Gasteiger partial charge on any atom is -0.493 e. The van der Waals surface area contributed by atoms with Gasteiger partial charge in [-0.1, -0.05) is 28.1 Å². The van der Waals surface area contributed by atoms with Crippen molar-refractivity contribution in [3.8, 4) is 11.5 Å². The van der Waals surface area contributed by atoms with E-state index in [9.17, 15) is 0 Å². The molecule has 0 aliphatic carbocycles. The van der Waals surface area contributed by atoms with E-state index in [1.807, 2.05) is 53.2 Å². The Morgan fingerprint density at radius 2 is 2.10 bits per heavy atom. The van der Waals surface area contributed by atoms with Crippen LogP contribution < -0.4 is 9.47 Å². The number of pyridine rings is 1. The van der Waals surface area contributed by atoms with Crippen LogP contribution >= 0.6 is 15.9 Å². The van der Waals surface area contributed by atoms with E-state index in [0.717, 1.165) is 33.7 Å². The molecular weight excluding hydrogens is 332 g/mol. The van der Waals surface area contributed by atoms with Crippen LogP contribution in [0.3, 0.4) is 0 Å². The lowest BCUT2D eigenvalue weighted by Crippen LogP contribution is -1.98. The molecule has 21 heavy (non-hydrogen) atoms. The third kappa shape index (κ3) is 3.03. The number of aromatic nitrogens is 2. The summed E-state index contributed by atoms with van der Waals surface area (Å²) >= 11 is 3.43. The van der Waals surface area contributed by atoms with Crippen LogP contribution in [0, 0.1) is 0 Å². The van der Waals surface area contributed by atoms with Crippen molar-refractivity contribution in [2.45, 2.75) is 11.9 Å². The fourth-order valence-electron chi connectivity index (χ4n) is 2.12.